The summed E-state index contributed by atoms with van der Waals surface area (Å²) in [5.41, 5.74) is 0.632. The third-order valence-electron chi connectivity index (χ3n) is 2.09. The number of nitrogens with zero attached hydrogens (tertiary/aromatic N) is 2. The van der Waals surface area contributed by atoms with Crippen LogP contribution in [0.3, 0.4) is 0 Å². The summed E-state index contributed by atoms with van der Waals surface area (Å²) in [5, 5.41) is 10.5. The van der Waals surface area contributed by atoms with Crippen molar-refractivity contribution in [3.63, 3.8) is 0 Å². The van der Waals surface area contributed by atoms with E-state index in [1.54, 1.807) is 18.3 Å². The number of nitro groups is 1. The summed E-state index contributed by atoms with van der Waals surface area (Å²) in [6.07, 6.45) is 9.34. The summed E-state index contributed by atoms with van der Waals surface area (Å²) in [7, 11) is 0. The molecule has 0 aliphatic heterocycles. The van der Waals surface area contributed by atoms with Crippen molar-refractivity contribution in [3.05, 3.63) is 66.0 Å². The Morgan fingerprint density at radius 2 is 2.00 bits per heavy atom. The first kappa shape index (κ1) is 10.8. The Morgan fingerprint density at radius 1 is 1.25 bits per heavy atom. The van der Waals surface area contributed by atoms with Gasteiger partial charge in [-0.15, -0.1) is 0 Å². The maximum Gasteiger partial charge on any atom is 0.271 e. The molecule has 1 aliphatic carbocycles. The number of rotatable bonds is 3. The predicted octanol–water partition coefficient (Wildman–Crippen LogP) is 2.70. The van der Waals surface area contributed by atoms with Crippen molar-refractivity contribution in [1.29, 1.82) is 0 Å². The zero-order valence-corrected chi connectivity index (χ0v) is 8.41. The molecule has 1 saturated carbocycles. The SMILES string of the molecule is O=[N+]([O-])c1cccc(N=C[C]2[CH][CH][CH][CH]2)c1. The molecule has 1 aliphatic rings. The lowest BCUT2D eigenvalue weighted by molar-refractivity contribution is -0.384. The number of nitro benzene ring substituents is 1. The first-order valence-electron chi connectivity index (χ1n) is 4.76. The van der Waals surface area contributed by atoms with Gasteiger partial charge in [-0.25, -0.2) is 0 Å². The monoisotopic (exact) mass is 213 g/mol. The lowest BCUT2D eigenvalue weighted by atomic mass is 10.1. The molecule has 0 unspecified atom stereocenters. The highest BCUT2D eigenvalue weighted by molar-refractivity contribution is 5.84. The maximum atomic E-state index is 10.5. The average Bonchev–Trinajstić information content (AvgIpc) is 2.79. The molecule has 0 N–H and O–H groups in total. The van der Waals surface area contributed by atoms with Crippen LogP contribution in [0.15, 0.2) is 29.3 Å². The van der Waals surface area contributed by atoms with Crippen LogP contribution < -0.4 is 0 Å². The van der Waals surface area contributed by atoms with E-state index in [2.05, 4.69) is 4.99 Å². The highest BCUT2D eigenvalue weighted by Gasteiger charge is 2.14. The van der Waals surface area contributed by atoms with Crippen LogP contribution in [0, 0.1) is 41.7 Å². The summed E-state index contributed by atoms with van der Waals surface area (Å²) in [6.45, 7) is 0. The van der Waals surface area contributed by atoms with Gasteiger partial charge in [0.05, 0.1) is 10.6 Å². The Hall–Kier alpha value is -1.71. The van der Waals surface area contributed by atoms with Crippen LogP contribution >= 0.6 is 0 Å². The van der Waals surface area contributed by atoms with Gasteiger partial charge in [0.2, 0.25) is 0 Å². The van der Waals surface area contributed by atoms with Gasteiger partial charge >= 0.3 is 0 Å². The third-order valence-corrected chi connectivity index (χ3v) is 2.09. The summed E-state index contributed by atoms with van der Waals surface area (Å²) in [5.74, 6) is 0.978. The predicted molar refractivity (Wildman–Crippen MR) is 61.7 cm³/mol. The van der Waals surface area contributed by atoms with Crippen molar-refractivity contribution in [2.45, 2.75) is 0 Å². The molecule has 0 aromatic heterocycles. The van der Waals surface area contributed by atoms with Crippen LogP contribution in [0.1, 0.15) is 0 Å². The molecule has 1 aromatic rings. The third kappa shape index (κ3) is 2.66. The highest BCUT2D eigenvalue weighted by atomic mass is 16.6. The van der Waals surface area contributed by atoms with E-state index >= 15 is 0 Å². The standard InChI is InChI=1S/C12H9N2O2/c15-14(16)12-7-3-6-11(8-12)13-9-10-4-1-2-5-10/h1-9H. The summed E-state index contributed by atoms with van der Waals surface area (Å²) >= 11 is 0. The van der Waals surface area contributed by atoms with Crippen LogP contribution in [-0.2, 0) is 0 Å². The number of hydrogen-bond acceptors (Lipinski definition) is 3. The van der Waals surface area contributed by atoms with Crippen molar-refractivity contribution >= 4 is 17.6 Å². The van der Waals surface area contributed by atoms with Gasteiger partial charge in [-0.2, -0.15) is 0 Å². The smallest absolute Gasteiger partial charge is 0.260 e. The highest BCUT2D eigenvalue weighted by Crippen LogP contribution is 2.23. The summed E-state index contributed by atoms with van der Waals surface area (Å²) < 4.78 is 0. The van der Waals surface area contributed by atoms with Gasteiger partial charge in [-0.1, -0.05) is 6.07 Å². The number of hydrogen-bond donors (Lipinski definition) is 0. The fourth-order valence-electron chi connectivity index (χ4n) is 1.31. The lowest BCUT2D eigenvalue weighted by Gasteiger charge is -1.98. The van der Waals surface area contributed by atoms with Crippen molar-refractivity contribution < 1.29 is 4.92 Å². The van der Waals surface area contributed by atoms with Gasteiger partial charge in [-0.3, -0.25) is 15.1 Å². The second-order valence-electron chi connectivity index (χ2n) is 3.25. The van der Waals surface area contributed by atoms with Crippen LogP contribution in [0.5, 0.6) is 0 Å². The fourth-order valence-corrected chi connectivity index (χ4v) is 1.31. The second-order valence-corrected chi connectivity index (χ2v) is 3.25. The molecule has 0 spiro atoms. The molecule has 79 valence electrons. The lowest BCUT2D eigenvalue weighted by Crippen LogP contribution is -1.91. The van der Waals surface area contributed by atoms with E-state index in [0.717, 1.165) is 5.92 Å². The van der Waals surface area contributed by atoms with Crippen LogP contribution in [0.4, 0.5) is 11.4 Å². The van der Waals surface area contributed by atoms with E-state index in [1.165, 1.54) is 12.1 Å². The number of non-ortho nitro benzene ring substituents is 1. The van der Waals surface area contributed by atoms with E-state index in [0.29, 0.717) is 5.69 Å². The topological polar surface area (TPSA) is 55.5 Å². The Morgan fingerprint density at radius 3 is 2.69 bits per heavy atom. The fraction of sp³-hybridized carbons (Fsp3) is 0. The molecule has 1 fully saturated rings. The molecule has 4 nitrogen and oxygen atoms in total. The van der Waals surface area contributed by atoms with Crippen molar-refractivity contribution in [2.75, 3.05) is 0 Å². The maximum absolute atomic E-state index is 10.5. The summed E-state index contributed by atoms with van der Waals surface area (Å²) in [4.78, 5) is 14.3. The van der Waals surface area contributed by atoms with Crippen LogP contribution in [0.25, 0.3) is 0 Å². The van der Waals surface area contributed by atoms with Crippen molar-refractivity contribution in [1.82, 2.24) is 0 Å². The van der Waals surface area contributed by atoms with Crippen LogP contribution in [-0.4, -0.2) is 11.1 Å². The number of benzene rings is 1. The molecule has 0 atom stereocenters. The quantitative estimate of drug-likeness (QED) is 0.440. The molecule has 2 rings (SSSR count). The van der Waals surface area contributed by atoms with Gasteiger partial charge in [0.1, 0.15) is 0 Å². The Labute approximate surface area is 94.2 Å². The molecule has 0 amide bonds. The zero-order chi connectivity index (χ0) is 11.4. The van der Waals surface area contributed by atoms with Gasteiger partial charge in [0.25, 0.3) is 5.69 Å². The molecule has 0 saturated heterocycles. The van der Waals surface area contributed by atoms with E-state index in [1.807, 2.05) is 25.7 Å². The van der Waals surface area contributed by atoms with E-state index < -0.39 is 4.92 Å². The Balaban J connectivity index is 2.08. The Kier molecular flexibility index (Phi) is 3.29. The minimum atomic E-state index is -0.429. The molecular formula is C12H9N2O2. The Bertz CT molecular complexity index is 409. The molecule has 5 radical (unpaired) electrons. The molecule has 0 bridgehead atoms. The summed E-state index contributed by atoms with van der Waals surface area (Å²) in [6, 6.07) is 6.24. The normalized spacial score (nSPS) is 17.0. The molecular weight excluding hydrogens is 204 g/mol. The van der Waals surface area contributed by atoms with Gasteiger partial charge in [0, 0.05) is 24.3 Å². The van der Waals surface area contributed by atoms with E-state index in [9.17, 15) is 10.1 Å². The minimum Gasteiger partial charge on any atom is -0.260 e. The van der Waals surface area contributed by atoms with Gasteiger partial charge in [-0.05, 0) is 31.7 Å². The number of aliphatic imine (C=N–C) groups is 1. The first-order valence-corrected chi connectivity index (χ1v) is 4.76. The van der Waals surface area contributed by atoms with E-state index in [-0.39, 0.29) is 5.69 Å². The molecule has 4 heteroatoms. The van der Waals surface area contributed by atoms with Crippen molar-refractivity contribution in [3.8, 4) is 0 Å². The largest absolute Gasteiger partial charge is 0.271 e. The van der Waals surface area contributed by atoms with Crippen molar-refractivity contribution in [2.24, 2.45) is 4.99 Å². The molecule has 1 aromatic carbocycles. The molecule has 16 heavy (non-hydrogen) atoms. The second kappa shape index (κ2) is 4.88. The van der Waals surface area contributed by atoms with E-state index in [4.69, 9.17) is 0 Å². The van der Waals surface area contributed by atoms with Gasteiger partial charge in [0.15, 0.2) is 0 Å². The van der Waals surface area contributed by atoms with Crippen LogP contribution in [0.2, 0.25) is 0 Å². The first-order chi connectivity index (χ1) is 7.75. The van der Waals surface area contributed by atoms with Gasteiger partial charge < -0.3 is 0 Å². The zero-order valence-electron chi connectivity index (χ0n) is 8.41. The minimum absolute atomic E-state index is 0.0529. The average molecular weight is 213 g/mol. The molecule has 0 heterocycles.